The van der Waals surface area contributed by atoms with E-state index in [0.29, 0.717) is 11.7 Å². The summed E-state index contributed by atoms with van der Waals surface area (Å²) in [4.78, 5) is 0. The van der Waals surface area contributed by atoms with Crippen molar-refractivity contribution in [3.05, 3.63) is 0 Å². The molecule has 5 nitrogen and oxygen atoms in total. The Morgan fingerprint density at radius 2 is 1.71 bits per heavy atom. The zero-order valence-electron chi connectivity index (χ0n) is 11.0. The molecule has 0 aromatic heterocycles. The largest absolute Gasteiger partial charge is 0.311 e. The van der Waals surface area contributed by atoms with Crippen molar-refractivity contribution in [1.82, 2.24) is 10.1 Å². The fraction of sp³-hybridized carbons (Fsp3) is 0.889. The van der Waals surface area contributed by atoms with Gasteiger partial charge in [0, 0.05) is 6.54 Å². The molecule has 0 aliphatic rings. The first kappa shape index (κ1) is 17.2. The van der Waals surface area contributed by atoms with Gasteiger partial charge in [-0.05, 0) is 58.6 Å². The van der Waals surface area contributed by atoms with E-state index >= 15 is 0 Å². The monoisotopic (exact) mass is 299 g/mol. The molecule has 0 heterocycles. The molecule has 0 aliphatic heterocycles. The van der Waals surface area contributed by atoms with Crippen molar-refractivity contribution in [3.8, 4) is 0 Å². The third kappa shape index (κ3) is 7.28. The molecule has 0 radical (unpaired) electrons. The van der Waals surface area contributed by atoms with Crippen LogP contribution in [0.5, 0.6) is 0 Å². The van der Waals surface area contributed by atoms with Gasteiger partial charge in [-0.15, -0.1) is 0 Å². The summed E-state index contributed by atoms with van der Waals surface area (Å²) in [5, 5.41) is 4.66. The van der Waals surface area contributed by atoms with E-state index in [1.165, 1.54) is 5.01 Å². The lowest BCUT2D eigenvalue weighted by atomic mass is 10.5. The van der Waals surface area contributed by atoms with E-state index in [2.05, 4.69) is 5.09 Å². The van der Waals surface area contributed by atoms with E-state index in [1.54, 1.807) is 0 Å². The van der Waals surface area contributed by atoms with Crippen molar-refractivity contribution in [3.63, 3.8) is 0 Å². The van der Waals surface area contributed by atoms with E-state index in [9.17, 15) is 0 Å². The van der Waals surface area contributed by atoms with Crippen LogP contribution in [0.4, 0.5) is 0 Å². The van der Waals surface area contributed by atoms with Crippen LogP contribution in [0.3, 0.4) is 0 Å². The number of nitrogens with one attached hydrogen (secondary N) is 1. The maximum atomic E-state index is 5.68. The predicted molar refractivity (Wildman–Crippen MR) is 79.0 cm³/mol. The zero-order valence-corrected chi connectivity index (χ0v) is 13.5. The summed E-state index contributed by atoms with van der Waals surface area (Å²) in [6, 6.07) is 0. The van der Waals surface area contributed by atoms with Gasteiger partial charge in [0.15, 0.2) is 5.11 Å². The summed E-state index contributed by atoms with van der Waals surface area (Å²) in [5.74, 6) is 5.68. The van der Waals surface area contributed by atoms with Crippen molar-refractivity contribution in [2.75, 3.05) is 6.54 Å². The number of hydrogen-bond donors (Lipinski definition) is 2. The van der Waals surface area contributed by atoms with Gasteiger partial charge in [0.2, 0.25) is 0 Å². The minimum absolute atomic E-state index is 0.0391. The van der Waals surface area contributed by atoms with Crippen LogP contribution in [0.1, 0.15) is 34.6 Å². The Balaban J connectivity index is 4.70. The second-order valence-corrected chi connectivity index (χ2v) is 7.48. The third-order valence-corrected chi connectivity index (χ3v) is 4.70. The average molecular weight is 299 g/mol. The molecule has 0 spiro atoms. The number of nitrogens with zero attached hydrogens (tertiary/aromatic N) is 1. The predicted octanol–water partition coefficient (Wildman–Crippen LogP) is 2.13. The van der Waals surface area contributed by atoms with Crippen molar-refractivity contribution in [2.45, 2.75) is 46.8 Å². The van der Waals surface area contributed by atoms with Crippen molar-refractivity contribution < 1.29 is 9.05 Å². The number of hydrogen-bond acceptors (Lipinski definition) is 5. The summed E-state index contributed by atoms with van der Waals surface area (Å²) in [7, 11) is 0. The Kier molecular flexibility index (Phi) is 7.71. The first-order valence-electron chi connectivity index (χ1n) is 5.51. The van der Waals surface area contributed by atoms with Gasteiger partial charge in [0.25, 0.3) is 6.64 Å². The van der Waals surface area contributed by atoms with Crippen molar-refractivity contribution in [1.29, 1.82) is 0 Å². The van der Waals surface area contributed by atoms with Gasteiger partial charge in [-0.3, -0.25) is 10.1 Å². The molecular weight excluding hydrogens is 277 g/mol. The highest BCUT2D eigenvalue weighted by Gasteiger charge is 2.24. The summed E-state index contributed by atoms with van der Waals surface area (Å²) in [6.45, 7) is 7.44. The Morgan fingerprint density at radius 1 is 1.29 bits per heavy atom. The lowest BCUT2D eigenvalue weighted by Gasteiger charge is -2.29. The summed E-state index contributed by atoms with van der Waals surface area (Å²) in [5.41, 5.74) is 0. The molecular formula is C9H22N3O2PS2. The van der Waals surface area contributed by atoms with Crippen LogP contribution in [0, 0.1) is 0 Å². The molecule has 0 aromatic carbocycles. The molecule has 102 valence electrons. The average Bonchev–Trinajstić information content (AvgIpc) is 2.12. The standard InChI is InChI=1S/C9H22N3O2PS2/c1-6-12(10)9(16)11-15(17,13-7(2)3)14-8(4)5/h7-8H,6,10H2,1-5H3,(H,11,16,17). The van der Waals surface area contributed by atoms with Crippen LogP contribution >= 0.6 is 18.9 Å². The molecule has 0 saturated carbocycles. The quantitative estimate of drug-likeness (QED) is 0.337. The Labute approximate surface area is 114 Å². The number of hydrazine groups is 1. The first-order chi connectivity index (χ1) is 7.70. The minimum Gasteiger partial charge on any atom is -0.311 e. The molecule has 0 unspecified atom stereocenters. The normalized spacial score (nSPS) is 12.0. The van der Waals surface area contributed by atoms with E-state index < -0.39 is 6.64 Å². The SMILES string of the molecule is CCN(N)C(=S)NP(=S)(OC(C)C)OC(C)C. The molecule has 0 aliphatic carbocycles. The smallest absolute Gasteiger partial charge is 0.289 e. The molecule has 17 heavy (non-hydrogen) atoms. The van der Waals surface area contributed by atoms with Crippen LogP contribution in [0.25, 0.3) is 0 Å². The van der Waals surface area contributed by atoms with Gasteiger partial charge in [0.1, 0.15) is 0 Å². The van der Waals surface area contributed by atoms with Gasteiger partial charge >= 0.3 is 0 Å². The fourth-order valence-electron chi connectivity index (χ4n) is 0.958. The fourth-order valence-corrected chi connectivity index (χ4v) is 4.54. The van der Waals surface area contributed by atoms with Crippen LogP contribution in [-0.2, 0) is 20.9 Å². The summed E-state index contributed by atoms with van der Waals surface area (Å²) < 4.78 is 11.3. The van der Waals surface area contributed by atoms with Crippen LogP contribution in [0.2, 0.25) is 0 Å². The van der Waals surface area contributed by atoms with E-state index in [4.69, 9.17) is 38.9 Å². The lowest BCUT2D eigenvalue weighted by Crippen LogP contribution is -2.43. The topological polar surface area (TPSA) is 59.8 Å². The maximum absolute atomic E-state index is 5.68. The van der Waals surface area contributed by atoms with Crippen molar-refractivity contribution in [2.24, 2.45) is 5.84 Å². The van der Waals surface area contributed by atoms with Gasteiger partial charge in [0.05, 0.1) is 12.2 Å². The van der Waals surface area contributed by atoms with Gasteiger partial charge in [-0.25, -0.2) is 5.84 Å². The zero-order chi connectivity index (χ0) is 13.6. The number of thiocarbonyl (C=S) groups is 1. The van der Waals surface area contributed by atoms with Crippen LogP contribution < -0.4 is 10.9 Å². The summed E-state index contributed by atoms with van der Waals surface area (Å²) >= 11 is 10.5. The van der Waals surface area contributed by atoms with Gasteiger partial charge in [-0.1, -0.05) is 0 Å². The van der Waals surface area contributed by atoms with Crippen molar-refractivity contribution >= 4 is 35.8 Å². The molecule has 0 atom stereocenters. The molecule has 0 fully saturated rings. The van der Waals surface area contributed by atoms with E-state index in [0.717, 1.165) is 0 Å². The highest BCUT2D eigenvalue weighted by Crippen LogP contribution is 2.46. The van der Waals surface area contributed by atoms with Gasteiger partial charge < -0.3 is 9.05 Å². The molecule has 8 heteroatoms. The van der Waals surface area contributed by atoms with Gasteiger partial charge in [-0.2, -0.15) is 0 Å². The van der Waals surface area contributed by atoms with E-state index in [-0.39, 0.29) is 12.2 Å². The third-order valence-electron chi connectivity index (χ3n) is 1.53. The molecule has 0 aromatic rings. The molecule has 0 amide bonds. The first-order valence-corrected chi connectivity index (χ1v) is 8.56. The van der Waals surface area contributed by atoms with Crippen LogP contribution in [-0.4, -0.2) is 28.9 Å². The highest BCUT2D eigenvalue weighted by atomic mass is 32.5. The van der Waals surface area contributed by atoms with Crippen LogP contribution in [0.15, 0.2) is 0 Å². The second-order valence-electron chi connectivity index (χ2n) is 4.01. The Morgan fingerprint density at radius 3 is 2.00 bits per heavy atom. The molecule has 0 saturated heterocycles. The molecule has 3 N–H and O–H groups in total. The Hall–Kier alpha value is 0.220. The maximum Gasteiger partial charge on any atom is 0.289 e. The molecule has 0 rings (SSSR count). The molecule has 0 bridgehead atoms. The minimum atomic E-state index is -2.63. The lowest BCUT2D eigenvalue weighted by molar-refractivity contribution is 0.172. The van der Waals surface area contributed by atoms with E-state index in [1.807, 2.05) is 34.6 Å². The Bertz CT molecular complexity index is 286. The second kappa shape index (κ2) is 7.61. The number of rotatable bonds is 6. The summed E-state index contributed by atoms with van der Waals surface area (Å²) in [6.07, 6.45) is -0.0783. The number of nitrogens with two attached hydrogens (primary N) is 1. The highest BCUT2D eigenvalue weighted by molar-refractivity contribution is 8.09.